The first-order chi connectivity index (χ1) is 12.6. The minimum atomic E-state index is -0.566. The zero-order valence-electron chi connectivity index (χ0n) is 14.5. The Bertz CT molecular complexity index is 750. The summed E-state index contributed by atoms with van der Waals surface area (Å²) in [5.41, 5.74) is 1.42. The highest BCUT2D eigenvalue weighted by molar-refractivity contribution is 5.95. The second kappa shape index (κ2) is 10.1. The zero-order chi connectivity index (χ0) is 18.8. The molecule has 3 amide bonds. The first-order valence-corrected chi connectivity index (χ1v) is 8.26. The highest BCUT2D eigenvalue weighted by atomic mass is 19.1. The molecule has 0 radical (unpaired) electrons. The van der Waals surface area contributed by atoms with Crippen LogP contribution in [0.25, 0.3) is 0 Å². The van der Waals surface area contributed by atoms with Gasteiger partial charge in [-0.25, -0.2) is 9.18 Å². The molecular weight excluding hydrogens is 333 g/mol. The topological polar surface area (TPSA) is 61.4 Å². The van der Waals surface area contributed by atoms with Crippen molar-refractivity contribution >= 4 is 11.9 Å². The van der Waals surface area contributed by atoms with E-state index in [1.54, 1.807) is 29.2 Å². The molecule has 6 heteroatoms. The van der Waals surface area contributed by atoms with E-state index in [4.69, 9.17) is 0 Å². The molecule has 0 aliphatic rings. The molecule has 0 aliphatic carbocycles. The van der Waals surface area contributed by atoms with Crippen LogP contribution in [0.1, 0.15) is 11.1 Å². The number of halogens is 1. The molecule has 0 aliphatic heterocycles. The van der Waals surface area contributed by atoms with Gasteiger partial charge in [-0.3, -0.25) is 15.0 Å². The van der Waals surface area contributed by atoms with Crippen molar-refractivity contribution in [3.05, 3.63) is 84.2 Å². The molecular formula is C20H22FN3O2. The Morgan fingerprint density at radius 3 is 2.46 bits per heavy atom. The molecule has 2 N–H and O–H groups in total. The Labute approximate surface area is 152 Å². The lowest BCUT2D eigenvalue weighted by Gasteiger charge is -2.20. The zero-order valence-corrected chi connectivity index (χ0v) is 14.5. The van der Waals surface area contributed by atoms with E-state index < -0.39 is 11.9 Å². The number of carbonyl (C=O) groups excluding carboxylic acids is 2. The standard InChI is InChI=1S/C20H22FN3O2/c1-2-12-24(14-17-10-6-7-11-18(17)21)15-19(25)23-20(26)22-13-16-8-4-3-5-9-16/h2-11H,1,12-15H2,(H2,22,23,25,26). The van der Waals surface area contributed by atoms with Crippen LogP contribution in [-0.2, 0) is 17.9 Å². The lowest BCUT2D eigenvalue weighted by atomic mass is 10.2. The summed E-state index contributed by atoms with van der Waals surface area (Å²) < 4.78 is 13.8. The third-order valence-corrected chi connectivity index (χ3v) is 3.66. The third kappa shape index (κ3) is 6.49. The van der Waals surface area contributed by atoms with Crippen LogP contribution in [0.2, 0.25) is 0 Å². The summed E-state index contributed by atoms with van der Waals surface area (Å²) in [7, 11) is 0. The van der Waals surface area contributed by atoms with Crippen molar-refractivity contribution in [2.75, 3.05) is 13.1 Å². The number of carbonyl (C=O) groups is 2. The molecule has 2 aromatic rings. The van der Waals surface area contributed by atoms with Gasteiger partial charge in [0.15, 0.2) is 0 Å². The molecule has 2 rings (SSSR count). The molecule has 0 aromatic heterocycles. The maximum atomic E-state index is 13.8. The Morgan fingerprint density at radius 1 is 1.08 bits per heavy atom. The van der Waals surface area contributed by atoms with Crippen LogP contribution in [-0.4, -0.2) is 29.9 Å². The molecule has 0 saturated heterocycles. The van der Waals surface area contributed by atoms with Gasteiger partial charge >= 0.3 is 6.03 Å². The number of imide groups is 1. The molecule has 0 atom stereocenters. The number of hydrogen-bond donors (Lipinski definition) is 2. The van der Waals surface area contributed by atoms with Crippen LogP contribution in [0.5, 0.6) is 0 Å². The first-order valence-electron chi connectivity index (χ1n) is 8.26. The number of nitrogens with zero attached hydrogens (tertiary/aromatic N) is 1. The lowest BCUT2D eigenvalue weighted by molar-refractivity contribution is -0.121. The van der Waals surface area contributed by atoms with E-state index in [1.165, 1.54) is 6.07 Å². The van der Waals surface area contributed by atoms with Crippen molar-refractivity contribution in [2.45, 2.75) is 13.1 Å². The van der Waals surface area contributed by atoms with Crippen molar-refractivity contribution in [3.63, 3.8) is 0 Å². The largest absolute Gasteiger partial charge is 0.334 e. The molecule has 0 saturated carbocycles. The van der Waals surface area contributed by atoms with E-state index in [0.717, 1.165) is 5.56 Å². The van der Waals surface area contributed by atoms with Gasteiger partial charge in [-0.15, -0.1) is 6.58 Å². The number of urea groups is 1. The van der Waals surface area contributed by atoms with Crippen molar-refractivity contribution < 1.29 is 14.0 Å². The average Bonchev–Trinajstić information content (AvgIpc) is 2.63. The Balaban J connectivity index is 1.83. The van der Waals surface area contributed by atoms with Crippen LogP contribution < -0.4 is 10.6 Å². The minimum absolute atomic E-state index is 0.0425. The van der Waals surface area contributed by atoms with Crippen molar-refractivity contribution in [1.82, 2.24) is 15.5 Å². The quantitative estimate of drug-likeness (QED) is 0.716. The molecule has 26 heavy (non-hydrogen) atoms. The van der Waals surface area contributed by atoms with Crippen molar-refractivity contribution in [1.29, 1.82) is 0 Å². The van der Waals surface area contributed by atoms with Gasteiger partial charge in [-0.1, -0.05) is 54.6 Å². The van der Waals surface area contributed by atoms with E-state index in [-0.39, 0.29) is 18.9 Å². The fourth-order valence-electron chi connectivity index (χ4n) is 2.43. The number of benzene rings is 2. The van der Waals surface area contributed by atoms with Gasteiger partial charge in [-0.2, -0.15) is 0 Å². The van der Waals surface area contributed by atoms with Crippen molar-refractivity contribution in [2.24, 2.45) is 0 Å². The van der Waals surface area contributed by atoms with E-state index in [2.05, 4.69) is 17.2 Å². The predicted molar refractivity (Wildman–Crippen MR) is 98.7 cm³/mol. The van der Waals surface area contributed by atoms with Crippen LogP contribution in [0.15, 0.2) is 67.3 Å². The fourth-order valence-corrected chi connectivity index (χ4v) is 2.43. The lowest BCUT2D eigenvalue weighted by Crippen LogP contribution is -2.44. The average molecular weight is 355 g/mol. The smallest absolute Gasteiger partial charge is 0.321 e. The summed E-state index contributed by atoms with van der Waals surface area (Å²) in [6.07, 6.45) is 1.63. The summed E-state index contributed by atoms with van der Waals surface area (Å²) >= 11 is 0. The van der Waals surface area contributed by atoms with Gasteiger partial charge in [0.2, 0.25) is 5.91 Å². The van der Waals surface area contributed by atoms with E-state index in [1.807, 2.05) is 30.3 Å². The minimum Gasteiger partial charge on any atom is -0.334 e. The second-order valence-corrected chi connectivity index (χ2v) is 5.77. The number of hydrogen-bond acceptors (Lipinski definition) is 3. The normalized spacial score (nSPS) is 10.4. The van der Waals surface area contributed by atoms with E-state index in [0.29, 0.717) is 18.7 Å². The van der Waals surface area contributed by atoms with Crippen molar-refractivity contribution in [3.8, 4) is 0 Å². The van der Waals surface area contributed by atoms with Gasteiger partial charge < -0.3 is 5.32 Å². The maximum Gasteiger partial charge on any atom is 0.321 e. The van der Waals surface area contributed by atoms with Crippen LogP contribution in [0.4, 0.5) is 9.18 Å². The van der Waals surface area contributed by atoms with Gasteiger partial charge in [0.25, 0.3) is 0 Å². The highest BCUT2D eigenvalue weighted by Crippen LogP contribution is 2.09. The van der Waals surface area contributed by atoms with Gasteiger partial charge in [-0.05, 0) is 11.6 Å². The molecule has 5 nitrogen and oxygen atoms in total. The summed E-state index contributed by atoms with van der Waals surface area (Å²) in [5.74, 6) is -0.795. The monoisotopic (exact) mass is 355 g/mol. The molecule has 0 heterocycles. The predicted octanol–water partition coefficient (Wildman–Crippen LogP) is 2.84. The summed E-state index contributed by atoms with van der Waals surface area (Å²) in [5, 5.41) is 4.91. The van der Waals surface area contributed by atoms with Crippen LogP contribution in [0.3, 0.4) is 0 Å². The molecule has 2 aromatic carbocycles. The van der Waals surface area contributed by atoms with Crippen LogP contribution in [0, 0.1) is 5.82 Å². The van der Waals surface area contributed by atoms with Crippen LogP contribution >= 0.6 is 0 Å². The number of rotatable bonds is 8. The maximum absolute atomic E-state index is 13.8. The molecule has 0 unspecified atom stereocenters. The molecule has 0 spiro atoms. The Hall–Kier alpha value is -2.99. The summed E-state index contributed by atoms with van der Waals surface area (Å²) in [6, 6.07) is 15.2. The van der Waals surface area contributed by atoms with Gasteiger partial charge in [0.05, 0.1) is 6.54 Å². The van der Waals surface area contributed by atoms with Gasteiger partial charge in [0, 0.05) is 25.2 Å². The Kier molecular flexibility index (Phi) is 7.51. The Morgan fingerprint density at radius 2 is 1.77 bits per heavy atom. The highest BCUT2D eigenvalue weighted by Gasteiger charge is 2.14. The fraction of sp³-hybridized carbons (Fsp3) is 0.200. The SMILES string of the molecule is C=CCN(CC(=O)NC(=O)NCc1ccccc1)Cc1ccccc1F. The number of amides is 3. The first kappa shape index (κ1) is 19.3. The van der Waals surface area contributed by atoms with E-state index in [9.17, 15) is 14.0 Å². The van der Waals surface area contributed by atoms with E-state index >= 15 is 0 Å². The molecule has 0 fully saturated rings. The molecule has 0 bridgehead atoms. The number of nitrogens with one attached hydrogen (secondary N) is 2. The summed E-state index contributed by atoms with van der Waals surface area (Å²) in [4.78, 5) is 25.6. The van der Waals surface area contributed by atoms with Gasteiger partial charge in [0.1, 0.15) is 5.82 Å². The second-order valence-electron chi connectivity index (χ2n) is 5.77. The third-order valence-electron chi connectivity index (χ3n) is 3.66. The summed E-state index contributed by atoms with van der Waals surface area (Å²) in [6.45, 7) is 4.58. The molecule has 136 valence electrons.